The van der Waals surface area contributed by atoms with Crippen molar-refractivity contribution in [3.63, 3.8) is 0 Å². The number of benzene rings is 1. The Balaban J connectivity index is 1.28. The SMILES string of the molecule is O=C(CCc1c(F)cccc1Cl)N1CC(n2cc(Cn3nccn3)nn2)C1. The van der Waals surface area contributed by atoms with Crippen LogP contribution in [0.15, 0.2) is 36.8 Å². The fourth-order valence-electron chi connectivity index (χ4n) is 3.02. The lowest BCUT2D eigenvalue weighted by Crippen LogP contribution is -2.51. The number of aromatic nitrogens is 6. The van der Waals surface area contributed by atoms with Gasteiger partial charge in [-0.25, -0.2) is 9.07 Å². The minimum absolute atomic E-state index is 0.0216. The summed E-state index contributed by atoms with van der Waals surface area (Å²) in [5, 5.41) is 16.7. The molecule has 3 aromatic rings. The lowest BCUT2D eigenvalue weighted by molar-refractivity contribution is -0.137. The van der Waals surface area contributed by atoms with Gasteiger partial charge in [0.15, 0.2) is 0 Å². The van der Waals surface area contributed by atoms with Crippen molar-refractivity contribution in [2.45, 2.75) is 25.4 Å². The van der Waals surface area contributed by atoms with Crippen molar-refractivity contribution < 1.29 is 9.18 Å². The predicted molar refractivity (Wildman–Crippen MR) is 94.5 cm³/mol. The number of likely N-dealkylation sites (tertiary alicyclic amines) is 1. The molecule has 1 aromatic carbocycles. The van der Waals surface area contributed by atoms with Gasteiger partial charge in [-0.1, -0.05) is 22.9 Å². The number of amides is 1. The number of hydrogen-bond donors (Lipinski definition) is 0. The molecule has 10 heteroatoms. The first-order valence-electron chi connectivity index (χ1n) is 8.55. The molecule has 1 aliphatic rings. The van der Waals surface area contributed by atoms with Gasteiger partial charge in [-0.3, -0.25) is 4.79 Å². The molecule has 0 N–H and O–H groups in total. The van der Waals surface area contributed by atoms with Crippen LogP contribution < -0.4 is 0 Å². The zero-order chi connectivity index (χ0) is 18.8. The molecular weight excluding hydrogens is 373 g/mol. The number of nitrogens with zero attached hydrogens (tertiary/aromatic N) is 7. The summed E-state index contributed by atoms with van der Waals surface area (Å²) >= 11 is 6.00. The molecule has 0 radical (unpaired) electrons. The summed E-state index contributed by atoms with van der Waals surface area (Å²) in [5.41, 5.74) is 1.14. The Hall–Kier alpha value is -2.81. The van der Waals surface area contributed by atoms with Crippen molar-refractivity contribution in [2.24, 2.45) is 0 Å². The first kappa shape index (κ1) is 17.6. The Morgan fingerprint density at radius 1 is 1.26 bits per heavy atom. The van der Waals surface area contributed by atoms with Gasteiger partial charge in [-0.15, -0.1) is 5.10 Å². The van der Waals surface area contributed by atoms with Crippen LogP contribution in [0.5, 0.6) is 0 Å². The van der Waals surface area contributed by atoms with Crippen molar-refractivity contribution in [1.82, 2.24) is 34.9 Å². The van der Waals surface area contributed by atoms with Gasteiger partial charge in [-0.2, -0.15) is 15.0 Å². The van der Waals surface area contributed by atoms with Crippen LogP contribution in [0.25, 0.3) is 0 Å². The van der Waals surface area contributed by atoms with Crippen LogP contribution in [-0.4, -0.2) is 53.9 Å². The van der Waals surface area contributed by atoms with E-state index in [4.69, 9.17) is 11.6 Å². The average Bonchev–Trinajstić information content (AvgIpc) is 3.26. The molecule has 140 valence electrons. The molecule has 0 spiro atoms. The van der Waals surface area contributed by atoms with Gasteiger partial charge < -0.3 is 4.90 Å². The van der Waals surface area contributed by atoms with E-state index in [2.05, 4.69) is 20.5 Å². The predicted octanol–water partition coefficient (Wildman–Crippen LogP) is 1.73. The number of halogens is 2. The standard InChI is InChI=1S/C17H17ClFN7O/c18-15-2-1-3-16(19)14(15)4-5-17(27)24-10-13(11-24)25-8-12(22-23-25)9-26-20-6-7-21-26/h1-3,6-8,13H,4-5,9-11H2. The molecule has 2 aromatic heterocycles. The summed E-state index contributed by atoms with van der Waals surface area (Å²) in [6, 6.07) is 4.63. The summed E-state index contributed by atoms with van der Waals surface area (Å²) in [6.45, 7) is 1.57. The Kier molecular flexibility index (Phi) is 4.85. The first-order valence-corrected chi connectivity index (χ1v) is 8.93. The van der Waals surface area contributed by atoms with Crippen molar-refractivity contribution in [2.75, 3.05) is 13.1 Å². The highest BCUT2D eigenvalue weighted by Crippen LogP contribution is 2.24. The molecular formula is C17H17ClFN7O. The summed E-state index contributed by atoms with van der Waals surface area (Å²) < 4.78 is 15.5. The first-order chi connectivity index (χ1) is 13.1. The fourth-order valence-corrected chi connectivity index (χ4v) is 3.28. The van der Waals surface area contributed by atoms with E-state index < -0.39 is 0 Å². The molecule has 0 bridgehead atoms. The summed E-state index contributed by atoms with van der Waals surface area (Å²) in [5.74, 6) is -0.398. The van der Waals surface area contributed by atoms with Crippen molar-refractivity contribution in [3.8, 4) is 0 Å². The van der Waals surface area contributed by atoms with Crippen LogP contribution in [0.1, 0.15) is 23.7 Å². The van der Waals surface area contributed by atoms with Crippen LogP contribution in [-0.2, 0) is 17.8 Å². The molecule has 1 amide bonds. The maximum Gasteiger partial charge on any atom is 0.223 e. The lowest BCUT2D eigenvalue weighted by atomic mass is 10.1. The van der Waals surface area contributed by atoms with E-state index in [9.17, 15) is 9.18 Å². The van der Waals surface area contributed by atoms with Crippen LogP contribution in [0.4, 0.5) is 4.39 Å². The highest BCUT2D eigenvalue weighted by atomic mass is 35.5. The maximum absolute atomic E-state index is 13.8. The van der Waals surface area contributed by atoms with Crippen molar-refractivity contribution >= 4 is 17.5 Å². The van der Waals surface area contributed by atoms with Crippen molar-refractivity contribution in [1.29, 1.82) is 0 Å². The minimum atomic E-state index is -0.376. The Morgan fingerprint density at radius 2 is 2.04 bits per heavy atom. The van der Waals surface area contributed by atoms with E-state index in [1.165, 1.54) is 10.9 Å². The molecule has 3 heterocycles. The van der Waals surface area contributed by atoms with Gasteiger partial charge in [0.1, 0.15) is 18.1 Å². The molecule has 8 nitrogen and oxygen atoms in total. The van der Waals surface area contributed by atoms with E-state index in [0.29, 0.717) is 30.2 Å². The summed E-state index contributed by atoms with van der Waals surface area (Å²) in [7, 11) is 0. The summed E-state index contributed by atoms with van der Waals surface area (Å²) in [6.07, 6.45) is 5.56. The normalized spacial score (nSPS) is 14.4. The maximum atomic E-state index is 13.8. The van der Waals surface area contributed by atoms with Gasteiger partial charge >= 0.3 is 0 Å². The van der Waals surface area contributed by atoms with Crippen LogP contribution in [0, 0.1) is 5.82 Å². The summed E-state index contributed by atoms with van der Waals surface area (Å²) in [4.78, 5) is 15.6. The molecule has 0 aliphatic carbocycles. The van der Waals surface area contributed by atoms with Gasteiger partial charge in [0.25, 0.3) is 0 Å². The van der Waals surface area contributed by atoms with E-state index >= 15 is 0 Å². The molecule has 0 atom stereocenters. The number of carbonyl (C=O) groups excluding carboxylic acids is 1. The Morgan fingerprint density at radius 3 is 2.78 bits per heavy atom. The number of hydrogen-bond acceptors (Lipinski definition) is 5. The van der Waals surface area contributed by atoms with E-state index in [1.807, 2.05) is 6.20 Å². The second kappa shape index (κ2) is 7.43. The molecule has 0 unspecified atom stereocenters. The topological polar surface area (TPSA) is 81.7 Å². The van der Waals surface area contributed by atoms with Crippen molar-refractivity contribution in [3.05, 3.63) is 58.9 Å². The highest BCUT2D eigenvalue weighted by Gasteiger charge is 2.32. The smallest absolute Gasteiger partial charge is 0.223 e. The molecule has 1 fully saturated rings. The minimum Gasteiger partial charge on any atom is -0.338 e. The van der Waals surface area contributed by atoms with Gasteiger partial charge in [0.2, 0.25) is 5.91 Å². The van der Waals surface area contributed by atoms with E-state index in [1.54, 1.807) is 34.1 Å². The lowest BCUT2D eigenvalue weighted by Gasteiger charge is -2.39. The van der Waals surface area contributed by atoms with E-state index in [-0.39, 0.29) is 30.6 Å². The third-order valence-corrected chi connectivity index (χ3v) is 4.92. The molecule has 4 rings (SSSR count). The zero-order valence-electron chi connectivity index (χ0n) is 14.4. The van der Waals surface area contributed by atoms with Gasteiger partial charge in [-0.05, 0) is 18.6 Å². The average molecular weight is 390 g/mol. The monoisotopic (exact) mass is 389 g/mol. The quantitative estimate of drug-likeness (QED) is 0.641. The second-order valence-corrected chi connectivity index (χ2v) is 6.81. The molecule has 27 heavy (non-hydrogen) atoms. The Bertz CT molecular complexity index is 916. The van der Waals surface area contributed by atoms with Crippen LogP contribution in [0.3, 0.4) is 0 Å². The third kappa shape index (κ3) is 3.82. The molecule has 0 saturated carbocycles. The largest absolute Gasteiger partial charge is 0.338 e. The third-order valence-electron chi connectivity index (χ3n) is 4.57. The highest BCUT2D eigenvalue weighted by molar-refractivity contribution is 6.31. The van der Waals surface area contributed by atoms with Crippen LogP contribution >= 0.6 is 11.6 Å². The van der Waals surface area contributed by atoms with Gasteiger partial charge in [0.05, 0.1) is 24.6 Å². The van der Waals surface area contributed by atoms with Crippen LogP contribution in [0.2, 0.25) is 5.02 Å². The second-order valence-electron chi connectivity index (χ2n) is 6.40. The Labute approximate surface area is 159 Å². The van der Waals surface area contributed by atoms with E-state index in [0.717, 1.165) is 5.69 Å². The molecule has 1 aliphatic heterocycles. The zero-order valence-corrected chi connectivity index (χ0v) is 15.1. The van der Waals surface area contributed by atoms with Gasteiger partial charge in [0, 0.05) is 30.1 Å². The molecule has 1 saturated heterocycles. The number of rotatable bonds is 6. The fraction of sp³-hybridized carbons (Fsp3) is 0.353. The number of carbonyl (C=O) groups is 1.